The van der Waals surface area contributed by atoms with Gasteiger partial charge in [-0.1, -0.05) is 42.5 Å². The Balaban J connectivity index is 2.34. The van der Waals surface area contributed by atoms with Crippen LogP contribution in [0.2, 0.25) is 0 Å². The van der Waals surface area contributed by atoms with Crippen LogP contribution in [0.3, 0.4) is 0 Å². The van der Waals surface area contributed by atoms with E-state index in [9.17, 15) is 4.79 Å². The highest BCUT2D eigenvalue weighted by atomic mass is 16.1. The molecule has 0 aliphatic heterocycles. The van der Waals surface area contributed by atoms with E-state index in [1.165, 1.54) is 0 Å². The van der Waals surface area contributed by atoms with E-state index in [2.05, 4.69) is 5.32 Å². The first-order chi connectivity index (χ1) is 8.72. The topological polar surface area (TPSA) is 29.1 Å². The number of ketones is 1. The summed E-state index contributed by atoms with van der Waals surface area (Å²) in [4.78, 5) is 12.4. The number of hydrogen-bond acceptors (Lipinski definition) is 2. The smallest absolute Gasteiger partial charge is 0.193 e. The molecule has 0 saturated heterocycles. The number of benzene rings is 2. The summed E-state index contributed by atoms with van der Waals surface area (Å²) in [5.41, 5.74) is 3.66. The van der Waals surface area contributed by atoms with Gasteiger partial charge in [0.15, 0.2) is 5.78 Å². The molecule has 0 unspecified atom stereocenters. The molecule has 92 valence electrons. The molecular formula is C16H17NO. The lowest BCUT2D eigenvalue weighted by molar-refractivity contribution is 0.103. The van der Waals surface area contributed by atoms with Crippen LogP contribution in [0, 0.1) is 6.92 Å². The summed E-state index contributed by atoms with van der Waals surface area (Å²) >= 11 is 0. The second kappa shape index (κ2) is 5.61. The summed E-state index contributed by atoms with van der Waals surface area (Å²) in [5, 5.41) is 3.09. The molecular weight excluding hydrogens is 222 g/mol. The molecule has 0 saturated carbocycles. The molecule has 0 atom stereocenters. The zero-order valence-corrected chi connectivity index (χ0v) is 10.7. The minimum atomic E-state index is 0.0889. The maximum Gasteiger partial charge on any atom is 0.193 e. The van der Waals surface area contributed by atoms with E-state index in [0.29, 0.717) is 0 Å². The maximum absolute atomic E-state index is 12.4. The van der Waals surface area contributed by atoms with Crippen molar-refractivity contribution in [1.82, 2.24) is 5.32 Å². The monoisotopic (exact) mass is 239 g/mol. The summed E-state index contributed by atoms with van der Waals surface area (Å²) in [5.74, 6) is 0.0889. The summed E-state index contributed by atoms with van der Waals surface area (Å²) in [6.07, 6.45) is 0. The summed E-state index contributed by atoms with van der Waals surface area (Å²) < 4.78 is 0. The predicted octanol–water partition coefficient (Wildman–Crippen LogP) is 2.95. The van der Waals surface area contributed by atoms with Gasteiger partial charge in [-0.05, 0) is 31.2 Å². The Hall–Kier alpha value is -1.93. The zero-order chi connectivity index (χ0) is 13.0. The van der Waals surface area contributed by atoms with Crippen LogP contribution in [0.1, 0.15) is 27.0 Å². The van der Waals surface area contributed by atoms with Crippen LogP contribution in [-0.2, 0) is 6.54 Å². The number of rotatable bonds is 4. The third-order valence-corrected chi connectivity index (χ3v) is 2.96. The van der Waals surface area contributed by atoms with Crippen molar-refractivity contribution >= 4 is 5.78 Å². The third kappa shape index (κ3) is 2.66. The molecule has 0 radical (unpaired) electrons. The summed E-state index contributed by atoms with van der Waals surface area (Å²) in [6.45, 7) is 2.74. The maximum atomic E-state index is 12.4. The first-order valence-electron chi connectivity index (χ1n) is 6.06. The SMILES string of the molecule is CNCc1cccc(C(=O)c2ccccc2C)c1. The van der Waals surface area contributed by atoms with E-state index in [4.69, 9.17) is 0 Å². The molecule has 2 aromatic carbocycles. The number of carbonyl (C=O) groups is 1. The van der Waals surface area contributed by atoms with E-state index >= 15 is 0 Å². The van der Waals surface area contributed by atoms with Crippen molar-refractivity contribution in [2.75, 3.05) is 7.05 Å². The van der Waals surface area contributed by atoms with Crippen LogP contribution in [-0.4, -0.2) is 12.8 Å². The average Bonchev–Trinajstić information content (AvgIpc) is 2.39. The van der Waals surface area contributed by atoms with Crippen LogP contribution in [0.5, 0.6) is 0 Å². The van der Waals surface area contributed by atoms with Gasteiger partial charge >= 0.3 is 0 Å². The van der Waals surface area contributed by atoms with Crippen molar-refractivity contribution < 1.29 is 4.79 Å². The highest BCUT2D eigenvalue weighted by Gasteiger charge is 2.11. The van der Waals surface area contributed by atoms with Crippen LogP contribution in [0.4, 0.5) is 0 Å². The number of hydrogen-bond donors (Lipinski definition) is 1. The van der Waals surface area contributed by atoms with Crippen LogP contribution >= 0.6 is 0 Å². The fraction of sp³-hybridized carbons (Fsp3) is 0.188. The van der Waals surface area contributed by atoms with E-state index < -0.39 is 0 Å². The fourth-order valence-corrected chi connectivity index (χ4v) is 2.01. The molecule has 0 aromatic heterocycles. The van der Waals surface area contributed by atoms with Crippen molar-refractivity contribution in [3.8, 4) is 0 Å². The normalized spacial score (nSPS) is 10.3. The van der Waals surface area contributed by atoms with Crippen LogP contribution < -0.4 is 5.32 Å². The lowest BCUT2D eigenvalue weighted by Gasteiger charge is -2.06. The van der Waals surface area contributed by atoms with Crippen LogP contribution in [0.15, 0.2) is 48.5 Å². The van der Waals surface area contributed by atoms with Gasteiger partial charge in [0, 0.05) is 17.7 Å². The van der Waals surface area contributed by atoms with Crippen molar-refractivity contribution in [3.05, 3.63) is 70.8 Å². The van der Waals surface area contributed by atoms with Crippen molar-refractivity contribution in [3.63, 3.8) is 0 Å². The molecule has 0 heterocycles. The molecule has 0 aliphatic rings. The number of aryl methyl sites for hydroxylation is 1. The largest absolute Gasteiger partial charge is 0.316 e. The Morgan fingerprint density at radius 3 is 2.61 bits per heavy atom. The number of nitrogens with one attached hydrogen (secondary N) is 1. The molecule has 18 heavy (non-hydrogen) atoms. The third-order valence-electron chi connectivity index (χ3n) is 2.96. The summed E-state index contributed by atoms with van der Waals surface area (Å²) in [6, 6.07) is 15.5. The molecule has 2 aromatic rings. The van der Waals surface area contributed by atoms with Gasteiger partial charge in [0.2, 0.25) is 0 Å². The van der Waals surface area contributed by atoms with Crippen molar-refractivity contribution in [2.45, 2.75) is 13.5 Å². The van der Waals surface area contributed by atoms with Crippen molar-refractivity contribution in [2.24, 2.45) is 0 Å². The molecule has 2 heteroatoms. The molecule has 1 N–H and O–H groups in total. The molecule has 0 amide bonds. The molecule has 0 bridgehead atoms. The Labute approximate surface area is 108 Å². The minimum Gasteiger partial charge on any atom is -0.316 e. The molecule has 0 fully saturated rings. The lowest BCUT2D eigenvalue weighted by atomic mass is 9.98. The number of carbonyl (C=O) groups excluding carboxylic acids is 1. The van der Waals surface area contributed by atoms with E-state index in [1.54, 1.807) is 0 Å². The highest BCUT2D eigenvalue weighted by molar-refractivity contribution is 6.09. The Morgan fingerprint density at radius 2 is 1.89 bits per heavy atom. The highest BCUT2D eigenvalue weighted by Crippen LogP contribution is 2.15. The predicted molar refractivity (Wildman–Crippen MR) is 73.8 cm³/mol. The van der Waals surface area contributed by atoms with Gasteiger partial charge in [0.25, 0.3) is 0 Å². The lowest BCUT2D eigenvalue weighted by Crippen LogP contribution is -2.08. The molecule has 2 rings (SSSR count). The molecule has 0 spiro atoms. The van der Waals surface area contributed by atoms with E-state index in [0.717, 1.165) is 28.8 Å². The Morgan fingerprint density at radius 1 is 1.11 bits per heavy atom. The van der Waals surface area contributed by atoms with Gasteiger partial charge in [-0.2, -0.15) is 0 Å². The quantitative estimate of drug-likeness (QED) is 0.831. The zero-order valence-electron chi connectivity index (χ0n) is 10.7. The Bertz CT molecular complexity index is 561. The van der Waals surface area contributed by atoms with Gasteiger partial charge in [-0.15, -0.1) is 0 Å². The minimum absolute atomic E-state index is 0.0889. The van der Waals surface area contributed by atoms with Crippen molar-refractivity contribution in [1.29, 1.82) is 0 Å². The first kappa shape index (κ1) is 12.5. The van der Waals surface area contributed by atoms with Gasteiger partial charge in [-0.25, -0.2) is 0 Å². The van der Waals surface area contributed by atoms with Gasteiger partial charge in [0.05, 0.1) is 0 Å². The van der Waals surface area contributed by atoms with Crippen LogP contribution in [0.25, 0.3) is 0 Å². The second-order valence-corrected chi connectivity index (χ2v) is 4.37. The molecule has 0 aliphatic carbocycles. The second-order valence-electron chi connectivity index (χ2n) is 4.37. The van der Waals surface area contributed by atoms with Gasteiger partial charge < -0.3 is 5.32 Å². The Kier molecular flexibility index (Phi) is 3.90. The van der Waals surface area contributed by atoms with E-state index in [-0.39, 0.29) is 5.78 Å². The standard InChI is InChI=1S/C16H17NO/c1-12-6-3-4-9-15(12)16(18)14-8-5-7-13(10-14)11-17-2/h3-10,17H,11H2,1-2H3. The average molecular weight is 239 g/mol. The van der Waals surface area contributed by atoms with Gasteiger partial charge in [0.1, 0.15) is 0 Å². The summed E-state index contributed by atoms with van der Waals surface area (Å²) in [7, 11) is 1.90. The fourth-order valence-electron chi connectivity index (χ4n) is 2.01. The van der Waals surface area contributed by atoms with Gasteiger partial charge in [-0.3, -0.25) is 4.79 Å². The first-order valence-corrected chi connectivity index (χ1v) is 6.06. The molecule has 2 nitrogen and oxygen atoms in total. The van der Waals surface area contributed by atoms with E-state index in [1.807, 2.05) is 62.5 Å².